The van der Waals surface area contributed by atoms with E-state index in [0.29, 0.717) is 17.9 Å². The zero-order chi connectivity index (χ0) is 20.4. The first kappa shape index (κ1) is 22.7. The predicted octanol–water partition coefficient (Wildman–Crippen LogP) is 3.19. The summed E-state index contributed by atoms with van der Waals surface area (Å²) >= 11 is 0. The minimum Gasteiger partial charge on any atom is -0.356 e. The van der Waals surface area contributed by atoms with Gasteiger partial charge < -0.3 is 15.2 Å². The largest absolute Gasteiger partial charge is 0.356 e. The van der Waals surface area contributed by atoms with Gasteiger partial charge in [-0.15, -0.1) is 0 Å². The van der Waals surface area contributed by atoms with E-state index in [2.05, 4.69) is 58.4 Å². The second-order valence-corrected chi connectivity index (χ2v) is 8.45. The molecule has 1 saturated heterocycles. The van der Waals surface area contributed by atoms with E-state index >= 15 is 0 Å². The molecule has 1 aliphatic heterocycles. The molecule has 2 heterocycles. The third-order valence-corrected chi connectivity index (χ3v) is 5.44. The number of guanidine groups is 1. The van der Waals surface area contributed by atoms with Gasteiger partial charge in [-0.3, -0.25) is 9.89 Å². The third kappa shape index (κ3) is 7.41. The van der Waals surface area contributed by atoms with Gasteiger partial charge in [-0.25, -0.2) is 0 Å². The molecule has 0 radical (unpaired) electrons. The predicted molar refractivity (Wildman–Crippen MR) is 115 cm³/mol. The summed E-state index contributed by atoms with van der Waals surface area (Å²) in [6.07, 6.45) is 7.11. The molecule has 0 amide bonds. The van der Waals surface area contributed by atoms with E-state index in [1.807, 2.05) is 7.05 Å². The zero-order valence-electron chi connectivity index (χ0n) is 18.5. The third-order valence-electron chi connectivity index (χ3n) is 5.44. The standard InChI is InChI=1S/C21H40N6O/c1-16(2)18(27-13-8-6-7-9-14-27)15-24-21(22-5)23-12-10-11-19-25-20(17(3)4)26-28-19/h16-18H,6-15H2,1-5H3,(H2,22,23,24). The number of nitrogens with zero attached hydrogens (tertiary/aromatic N) is 4. The summed E-state index contributed by atoms with van der Waals surface area (Å²) in [4.78, 5) is 11.5. The van der Waals surface area contributed by atoms with Gasteiger partial charge in [-0.2, -0.15) is 4.98 Å². The van der Waals surface area contributed by atoms with Gasteiger partial charge in [0, 0.05) is 38.5 Å². The lowest BCUT2D eigenvalue weighted by atomic mass is 10.0. The van der Waals surface area contributed by atoms with Gasteiger partial charge in [0.25, 0.3) is 0 Å². The zero-order valence-corrected chi connectivity index (χ0v) is 18.5. The van der Waals surface area contributed by atoms with Crippen LogP contribution in [0.2, 0.25) is 0 Å². The Bertz CT molecular complexity index is 575. The summed E-state index contributed by atoms with van der Waals surface area (Å²) in [7, 11) is 1.83. The van der Waals surface area contributed by atoms with Crippen LogP contribution in [-0.2, 0) is 6.42 Å². The summed E-state index contributed by atoms with van der Waals surface area (Å²) in [6.45, 7) is 13.0. The van der Waals surface area contributed by atoms with Crippen LogP contribution in [0.3, 0.4) is 0 Å². The molecular weight excluding hydrogens is 352 g/mol. The van der Waals surface area contributed by atoms with Crippen molar-refractivity contribution >= 4 is 5.96 Å². The van der Waals surface area contributed by atoms with Crippen molar-refractivity contribution in [2.75, 3.05) is 33.2 Å². The van der Waals surface area contributed by atoms with E-state index in [-0.39, 0.29) is 0 Å². The van der Waals surface area contributed by atoms with Crippen LogP contribution in [0.15, 0.2) is 9.52 Å². The maximum atomic E-state index is 5.30. The first-order valence-corrected chi connectivity index (χ1v) is 11.0. The van der Waals surface area contributed by atoms with Gasteiger partial charge >= 0.3 is 0 Å². The van der Waals surface area contributed by atoms with E-state index in [0.717, 1.165) is 43.6 Å². The van der Waals surface area contributed by atoms with Gasteiger partial charge in [0.2, 0.25) is 5.89 Å². The summed E-state index contributed by atoms with van der Waals surface area (Å²) in [6, 6.07) is 0.546. The fourth-order valence-corrected chi connectivity index (χ4v) is 3.69. The number of likely N-dealkylation sites (tertiary alicyclic amines) is 1. The van der Waals surface area contributed by atoms with Crippen LogP contribution in [0.4, 0.5) is 0 Å². The molecule has 1 aliphatic rings. The first-order chi connectivity index (χ1) is 13.5. The van der Waals surface area contributed by atoms with Gasteiger partial charge in [0.1, 0.15) is 0 Å². The lowest BCUT2D eigenvalue weighted by molar-refractivity contribution is 0.161. The van der Waals surface area contributed by atoms with Crippen LogP contribution in [0.1, 0.15) is 77.4 Å². The van der Waals surface area contributed by atoms with E-state index < -0.39 is 0 Å². The van der Waals surface area contributed by atoms with Crippen LogP contribution in [-0.4, -0.2) is 60.3 Å². The molecule has 1 fully saturated rings. The van der Waals surface area contributed by atoms with Crippen LogP contribution >= 0.6 is 0 Å². The Hall–Kier alpha value is -1.63. The van der Waals surface area contributed by atoms with E-state index in [1.165, 1.54) is 38.8 Å². The van der Waals surface area contributed by atoms with Crippen molar-refractivity contribution in [1.29, 1.82) is 0 Å². The molecule has 160 valence electrons. The molecule has 1 aromatic heterocycles. The quantitative estimate of drug-likeness (QED) is 0.382. The summed E-state index contributed by atoms with van der Waals surface area (Å²) < 4.78 is 5.30. The highest BCUT2D eigenvalue weighted by atomic mass is 16.5. The number of hydrogen-bond donors (Lipinski definition) is 2. The Morgan fingerprint density at radius 1 is 1.11 bits per heavy atom. The van der Waals surface area contributed by atoms with E-state index in [1.54, 1.807) is 0 Å². The Balaban J connectivity index is 1.73. The van der Waals surface area contributed by atoms with Crippen molar-refractivity contribution in [3.05, 3.63) is 11.7 Å². The van der Waals surface area contributed by atoms with Crippen molar-refractivity contribution in [2.45, 2.75) is 78.2 Å². The number of aliphatic imine (C=N–C) groups is 1. The smallest absolute Gasteiger partial charge is 0.226 e. The molecule has 28 heavy (non-hydrogen) atoms. The molecular formula is C21H40N6O. The van der Waals surface area contributed by atoms with Gasteiger partial charge in [-0.1, -0.05) is 45.7 Å². The monoisotopic (exact) mass is 392 g/mol. The van der Waals surface area contributed by atoms with Crippen LogP contribution < -0.4 is 10.6 Å². The average molecular weight is 393 g/mol. The van der Waals surface area contributed by atoms with E-state index in [4.69, 9.17) is 4.52 Å². The summed E-state index contributed by atoms with van der Waals surface area (Å²) in [5.41, 5.74) is 0. The SMILES string of the molecule is CN=C(NCCCc1nc(C(C)C)no1)NCC(C(C)C)N1CCCCCC1. The van der Waals surface area contributed by atoms with Crippen molar-refractivity contribution in [3.8, 4) is 0 Å². The molecule has 0 spiro atoms. The van der Waals surface area contributed by atoms with Crippen LogP contribution in [0.25, 0.3) is 0 Å². The van der Waals surface area contributed by atoms with Gasteiger partial charge in [-0.05, 0) is 38.3 Å². The normalized spacial score (nSPS) is 17.8. The molecule has 1 aromatic rings. The minimum absolute atomic E-state index is 0.303. The topological polar surface area (TPSA) is 78.6 Å². The molecule has 1 atom stereocenters. The Kier molecular flexibility index (Phi) is 9.75. The molecule has 2 rings (SSSR count). The molecule has 0 bridgehead atoms. The van der Waals surface area contributed by atoms with E-state index in [9.17, 15) is 0 Å². The van der Waals surface area contributed by atoms with Crippen LogP contribution in [0.5, 0.6) is 0 Å². The highest BCUT2D eigenvalue weighted by molar-refractivity contribution is 5.79. The van der Waals surface area contributed by atoms with Gasteiger partial charge in [0.15, 0.2) is 11.8 Å². The number of aromatic nitrogens is 2. The molecule has 0 aromatic carbocycles. The average Bonchev–Trinajstić information content (AvgIpc) is 2.99. The summed E-state index contributed by atoms with van der Waals surface area (Å²) in [5, 5.41) is 11.0. The lowest BCUT2D eigenvalue weighted by Crippen LogP contribution is -2.49. The molecule has 0 aliphatic carbocycles. The highest BCUT2D eigenvalue weighted by Crippen LogP contribution is 2.17. The molecule has 0 saturated carbocycles. The maximum absolute atomic E-state index is 5.30. The van der Waals surface area contributed by atoms with Crippen molar-refractivity contribution in [1.82, 2.24) is 25.7 Å². The van der Waals surface area contributed by atoms with Crippen LogP contribution in [0, 0.1) is 5.92 Å². The minimum atomic E-state index is 0.303. The number of hydrogen-bond acceptors (Lipinski definition) is 5. The highest BCUT2D eigenvalue weighted by Gasteiger charge is 2.22. The van der Waals surface area contributed by atoms with Crippen molar-refractivity contribution < 1.29 is 4.52 Å². The fourth-order valence-electron chi connectivity index (χ4n) is 3.69. The van der Waals surface area contributed by atoms with Gasteiger partial charge in [0.05, 0.1) is 0 Å². The number of nitrogens with one attached hydrogen (secondary N) is 2. The Morgan fingerprint density at radius 3 is 2.39 bits per heavy atom. The Labute approximate surface area is 170 Å². The maximum Gasteiger partial charge on any atom is 0.226 e. The molecule has 7 nitrogen and oxygen atoms in total. The molecule has 7 heteroatoms. The number of aryl methyl sites for hydroxylation is 1. The van der Waals surface area contributed by atoms with Crippen molar-refractivity contribution in [2.24, 2.45) is 10.9 Å². The fraction of sp³-hybridized carbons (Fsp3) is 0.857. The molecule has 1 unspecified atom stereocenters. The lowest BCUT2D eigenvalue weighted by Gasteiger charge is -2.34. The Morgan fingerprint density at radius 2 is 1.82 bits per heavy atom. The first-order valence-electron chi connectivity index (χ1n) is 11.0. The second kappa shape index (κ2) is 12.0. The molecule has 2 N–H and O–H groups in total. The number of rotatable bonds is 9. The second-order valence-electron chi connectivity index (χ2n) is 8.45. The van der Waals surface area contributed by atoms with Crippen molar-refractivity contribution in [3.63, 3.8) is 0 Å². The summed E-state index contributed by atoms with van der Waals surface area (Å²) in [5.74, 6) is 3.30.